The van der Waals surface area contributed by atoms with Crippen LogP contribution in [-0.4, -0.2) is 15.4 Å². The van der Waals surface area contributed by atoms with E-state index in [4.69, 9.17) is 4.55 Å². The quantitative estimate of drug-likeness (QED) is 0.468. The second-order valence-corrected chi connectivity index (χ2v) is 3.83. The highest BCUT2D eigenvalue weighted by Gasteiger charge is 1.93. The van der Waals surface area contributed by atoms with Gasteiger partial charge in [0.15, 0.2) is 0 Å². The third kappa shape index (κ3) is 12.1. The van der Waals surface area contributed by atoms with Gasteiger partial charge in [-0.25, -0.2) is 0 Å². The molecule has 80 valence electrons. The van der Waals surface area contributed by atoms with Gasteiger partial charge in [0.2, 0.25) is 0 Å². The van der Waals surface area contributed by atoms with Gasteiger partial charge in [0.1, 0.15) is 0 Å². The van der Waals surface area contributed by atoms with Crippen molar-refractivity contribution >= 4 is 11.4 Å². The van der Waals surface area contributed by atoms with Crippen molar-refractivity contribution in [2.45, 2.75) is 51.9 Å². The zero-order chi connectivity index (χ0) is 9.94. The van der Waals surface area contributed by atoms with E-state index in [-0.39, 0.29) is 0 Å². The minimum Gasteiger partial charge on any atom is -0.284 e. The third-order valence-corrected chi connectivity index (χ3v) is 2.30. The Morgan fingerprint density at radius 3 is 2.15 bits per heavy atom. The van der Waals surface area contributed by atoms with Gasteiger partial charge in [-0.05, 0) is 6.42 Å². The summed E-state index contributed by atoms with van der Waals surface area (Å²) in [7, 11) is 0. The normalized spacial score (nSPS) is 13.1. The van der Waals surface area contributed by atoms with Crippen molar-refractivity contribution < 1.29 is 12.9 Å². The molecule has 0 aromatic carbocycles. The first kappa shape index (κ1) is 13.1. The summed E-state index contributed by atoms with van der Waals surface area (Å²) in [6.07, 6.45) is 8.36. The maximum absolute atomic E-state index is 10.1. The van der Waals surface area contributed by atoms with Crippen molar-refractivity contribution in [1.82, 2.24) is 0 Å². The van der Waals surface area contributed by atoms with Crippen LogP contribution in [0, 0.1) is 0 Å². The van der Waals surface area contributed by atoms with Crippen molar-refractivity contribution in [2.24, 2.45) is 0 Å². The Labute approximate surface area is 83.4 Å². The van der Waals surface area contributed by atoms with E-state index in [1.165, 1.54) is 32.1 Å². The molecular formula is C9H20O3S. The number of hydrogen-bond donors (Lipinski definition) is 1. The van der Waals surface area contributed by atoms with Crippen LogP contribution in [0.1, 0.15) is 51.9 Å². The Balaban J connectivity index is 2.87. The summed E-state index contributed by atoms with van der Waals surface area (Å²) < 4.78 is 22.8. The summed E-state index contributed by atoms with van der Waals surface area (Å²) in [6.45, 7) is 2.60. The van der Waals surface area contributed by atoms with Crippen LogP contribution in [0.25, 0.3) is 0 Å². The second-order valence-electron chi connectivity index (χ2n) is 3.16. The topological polar surface area (TPSA) is 46.5 Å². The molecule has 0 saturated carbocycles. The van der Waals surface area contributed by atoms with E-state index in [1.54, 1.807) is 0 Å². The van der Waals surface area contributed by atoms with Crippen LogP contribution in [0.5, 0.6) is 0 Å². The predicted molar refractivity (Wildman–Crippen MR) is 54.7 cm³/mol. The Kier molecular flexibility index (Phi) is 10.2. The van der Waals surface area contributed by atoms with Crippen molar-refractivity contribution in [3.63, 3.8) is 0 Å². The molecule has 3 nitrogen and oxygen atoms in total. The summed E-state index contributed by atoms with van der Waals surface area (Å²) in [6, 6.07) is 0. The number of rotatable bonds is 9. The standard InChI is InChI=1S/C9H20O3S/c1-2-3-4-5-6-7-8-9-12-13(10)11/h2-9H2,1H3,(H,10,11). The first-order chi connectivity index (χ1) is 6.27. The predicted octanol–water partition coefficient (Wildman–Crippen LogP) is 2.89. The van der Waals surface area contributed by atoms with E-state index in [1.807, 2.05) is 0 Å². The highest BCUT2D eigenvalue weighted by molar-refractivity contribution is 7.74. The summed E-state index contributed by atoms with van der Waals surface area (Å²) in [5, 5.41) is 0. The van der Waals surface area contributed by atoms with Crippen molar-refractivity contribution in [2.75, 3.05) is 6.61 Å². The molecule has 13 heavy (non-hydrogen) atoms. The molecule has 1 atom stereocenters. The molecule has 0 amide bonds. The molecule has 0 saturated heterocycles. The van der Waals surface area contributed by atoms with Gasteiger partial charge >= 0.3 is 11.4 Å². The lowest BCUT2D eigenvalue weighted by Crippen LogP contribution is -1.97. The number of hydrogen-bond acceptors (Lipinski definition) is 2. The van der Waals surface area contributed by atoms with E-state index < -0.39 is 11.4 Å². The maximum Gasteiger partial charge on any atom is 0.301 e. The Hall–Kier alpha value is 0.0700. The van der Waals surface area contributed by atoms with Gasteiger partial charge in [-0.2, -0.15) is 4.21 Å². The SMILES string of the molecule is CCCCCCCCCOS(=O)O. The lowest BCUT2D eigenvalue weighted by molar-refractivity contribution is 0.296. The molecule has 0 spiro atoms. The highest BCUT2D eigenvalue weighted by atomic mass is 32.2. The summed E-state index contributed by atoms with van der Waals surface area (Å²) >= 11 is -2.08. The molecule has 0 aromatic rings. The first-order valence-electron chi connectivity index (χ1n) is 5.01. The molecule has 1 N–H and O–H groups in total. The molecule has 0 heterocycles. The van der Waals surface area contributed by atoms with Gasteiger partial charge in [0, 0.05) is 0 Å². The van der Waals surface area contributed by atoms with E-state index in [0.717, 1.165) is 12.8 Å². The Morgan fingerprint density at radius 1 is 1.08 bits per heavy atom. The van der Waals surface area contributed by atoms with Gasteiger partial charge in [0.05, 0.1) is 6.61 Å². The van der Waals surface area contributed by atoms with Gasteiger partial charge in [-0.3, -0.25) is 8.74 Å². The summed E-state index contributed by atoms with van der Waals surface area (Å²) in [5.74, 6) is 0. The minimum absolute atomic E-state index is 0.400. The molecule has 0 aliphatic rings. The zero-order valence-electron chi connectivity index (χ0n) is 8.33. The number of unbranched alkanes of at least 4 members (excludes halogenated alkanes) is 6. The summed E-state index contributed by atoms with van der Waals surface area (Å²) in [5.41, 5.74) is 0. The highest BCUT2D eigenvalue weighted by Crippen LogP contribution is 2.06. The van der Waals surface area contributed by atoms with E-state index in [9.17, 15) is 4.21 Å². The molecule has 0 aliphatic heterocycles. The van der Waals surface area contributed by atoms with Crippen LogP contribution in [0.3, 0.4) is 0 Å². The Morgan fingerprint density at radius 2 is 1.62 bits per heavy atom. The van der Waals surface area contributed by atoms with Crippen LogP contribution in [0.2, 0.25) is 0 Å². The lowest BCUT2D eigenvalue weighted by atomic mass is 10.1. The molecule has 1 unspecified atom stereocenters. The summed E-state index contributed by atoms with van der Waals surface area (Å²) in [4.78, 5) is 0. The van der Waals surface area contributed by atoms with Crippen LogP contribution in [0.4, 0.5) is 0 Å². The maximum atomic E-state index is 10.1. The molecular weight excluding hydrogens is 188 g/mol. The smallest absolute Gasteiger partial charge is 0.284 e. The van der Waals surface area contributed by atoms with Gasteiger partial charge < -0.3 is 0 Å². The molecule has 0 bridgehead atoms. The molecule has 0 aliphatic carbocycles. The average molecular weight is 208 g/mol. The fraction of sp³-hybridized carbons (Fsp3) is 1.00. The van der Waals surface area contributed by atoms with E-state index in [2.05, 4.69) is 11.1 Å². The van der Waals surface area contributed by atoms with Crippen molar-refractivity contribution in [1.29, 1.82) is 0 Å². The van der Waals surface area contributed by atoms with Crippen LogP contribution < -0.4 is 0 Å². The molecule has 0 fully saturated rings. The minimum atomic E-state index is -2.08. The molecule has 4 heteroatoms. The van der Waals surface area contributed by atoms with Crippen LogP contribution in [0.15, 0.2) is 0 Å². The Bertz CT molecular complexity index is 128. The van der Waals surface area contributed by atoms with E-state index >= 15 is 0 Å². The molecule has 0 aromatic heterocycles. The molecule has 0 rings (SSSR count). The van der Waals surface area contributed by atoms with Crippen LogP contribution in [-0.2, 0) is 15.5 Å². The van der Waals surface area contributed by atoms with Gasteiger partial charge in [-0.1, -0.05) is 45.4 Å². The second kappa shape index (κ2) is 10.2. The average Bonchev–Trinajstić information content (AvgIpc) is 2.09. The van der Waals surface area contributed by atoms with E-state index in [0.29, 0.717) is 6.61 Å². The monoisotopic (exact) mass is 208 g/mol. The van der Waals surface area contributed by atoms with Crippen LogP contribution >= 0.6 is 0 Å². The lowest BCUT2D eigenvalue weighted by Gasteiger charge is -2.00. The molecule has 0 radical (unpaired) electrons. The largest absolute Gasteiger partial charge is 0.301 e. The van der Waals surface area contributed by atoms with Gasteiger partial charge in [-0.15, -0.1) is 0 Å². The van der Waals surface area contributed by atoms with Gasteiger partial charge in [0.25, 0.3) is 0 Å². The fourth-order valence-corrected chi connectivity index (χ4v) is 1.45. The first-order valence-corrected chi connectivity index (χ1v) is 6.04. The zero-order valence-corrected chi connectivity index (χ0v) is 9.15. The third-order valence-electron chi connectivity index (χ3n) is 1.93. The fourth-order valence-electron chi connectivity index (χ4n) is 1.19. The van der Waals surface area contributed by atoms with Crippen molar-refractivity contribution in [3.05, 3.63) is 0 Å². The van der Waals surface area contributed by atoms with Crippen molar-refractivity contribution in [3.8, 4) is 0 Å².